The van der Waals surface area contributed by atoms with Crippen molar-refractivity contribution in [2.45, 2.75) is 6.42 Å². The van der Waals surface area contributed by atoms with Crippen molar-refractivity contribution >= 4 is 21.1 Å². The summed E-state index contributed by atoms with van der Waals surface area (Å²) >= 11 is 0. The number of nitrogens with one attached hydrogen (secondary N) is 1. The van der Waals surface area contributed by atoms with Gasteiger partial charge < -0.3 is 4.98 Å². The number of fused-ring (bicyclic) bond motifs is 1. The molecule has 0 amide bonds. The summed E-state index contributed by atoms with van der Waals surface area (Å²) in [5, 5.41) is 1.06. The molecule has 1 N–H and O–H groups in total. The fourth-order valence-electron chi connectivity index (χ4n) is 1.49. The SMILES string of the molecule is O=S(=O)(F)CCc1ccc2cc[nH]c2c1. The zero-order valence-corrected chi connectivity index (χ0v) is 8.72. The molecule has 3 nitrogen and oxygen atoms in total. The van der Waals surface area contributed by atoms with Crippen LogP contribution in [0.2, 0.25) is 0 Å². The molecule has 1 heterocycles. The van der Waals surface area contributed by atoms with E-state index in [4.69, 9.17) is 0 Å². The molecule has 0 fully saturated rings. The van der Waals surface area contributed by atoms with Crippen LogP contribution < -0.4 is 0 Å². The average Bonchev–Trinajstić information content (AvgIpc) is 2.60. The van der Waals surface area contributed by atoms with E-state index in [1.807, 2.05) is 18.2 Å². The lowest BCUT2D eigenvalue weighted by atomic mass is 10.1. The van der Waals surface area contributed by atoms with Crippen molar-refractivity contribution in [3.8, 4) is 0 Å². The predicted molar refractivity (Wildman–Crippen MR) is 56.9 cm³/mol. The maximum atomic E-state index is 12.3. The molecular weight excluding hydrogens is 217 g/mol. The van der Waals surface area contributed by atoms with Gasteiger partial charge in [0.15, 0.2) is 0 Å². The van der Waals surface area contributed by atoms with Crippen LogP contribution in [0.1, 0.15) is 5.56 Å². The zero-order valence-electron chi connectivity index (χ0n) is 7.90. The number of aromatic amines is 1. The van der Waals surface area contributed by atoms with Crippen LogP contribution in [0, 0.1) is 0 Å². The van der Waals surface area contributed by atoms with Gasteiger partial charge in [0.25, 0.3) is 0 Å². The smallest absolute Gasteiger partial charge is 0.302 e. The molecule has 1 aromatic heterocycles. The lowest BCUT2D eigenvalue weighted by Gasteiger charge is -1.98. The molecule has 0 atom stereocenters. The van der Waals surface area contributed by atoms with Gasteiger partial charge in [-0.3, -0.25) is 0 Å². The highest BCUT2D eigenvalue weighted by molar-refractivity contribution is 7.86. The summed E-state index contributed by atoms with van der Waals surface area (Å²) in [5.41, 5.74) is 1.75. The molecule has 5 heteroatoms. The summed E-state index contributed by atoms with van der Waals surface area (Å²) in [7, 11) is -4.37. The number of H-pyrrole nitrogens is 1. The number of rotatable bonds is 3. The monoisotopic (exact) mass is 227 g/mol. The molecule has 0 bridgehead atoms. The third kappa shape index (κ3) is 2.56. The van der Waals surface area contributed by atoms with Gasteiger partial charge in [-0.15, -0.1) is 3.89 Å². The highest BCUT2D eigenvalue weighted by atomic mass is 32.3. The topological polar surface area (TPSA) is 49.9 Å². The van der Waals surface area contributed by atoms with Crippen LogP contribution in [0.5, 0.6) is 0 Å². The summed E-state index contributed by atoms with van der Waals surface area (Å²) in [5.74, 6) is -0.459. The summed E-state index contributed by atoms with van der Waals surface area (Å²) in [4.78, 5) is 3.01. The van der Waals surface area contributed by atoms with E-state index in [1.54, 1.807) is 12.3 Å². The molecule has 0 radical (unpaired) electrons. The number of halogens is 1. The van der Waals surface area contributed by atoms with Crippen LogP contribution in [0.25, 0.3) is 10.9 Å². The molecule has 1 aromatic carbocycles. The molecule has 2 aromatic rings. The van der Waals surface area contributed by atoms with Crippen LogP contribution in [-0.2, 0) is 16.6 Å². The first-order valence-electron chi connectivity index (χ1n) is 4.53. The minimum Gasteiger partial charge on any atom is -0.361 e. The van der Waals surface area contributed by atoms with Gasteiger partial charge in [0.1, 0.15) is 0 Å². The van der Waals surface area contributed by atoms with Gasteiger partial charge in [-0.1, -0.05) is 12.1 Å². The second kappa shape index (κ2) is 3.66. The number of aryl methyl sites for hydroxylation is 1. The first-order chi connectivity index (χ1) is 7.04. The fraction of sp³-hybridized carbons (Fsp3) is 0.200. The highest BCUT2D eigenvalue weighted by Crippen LogP contribution is 2.15. The van der Waals surface area contributed by atoms with Crippen molar-refractivity contribution in [2.24, 2.45) is 0 Å². The molecule has 0 unspecified atom stereocenters. The van der Waals surface area contributed by atoms with E-state index < -0.39 is 16.0 Å². The van der Waals surface area contributed by atoms with Crippen molar-refractivity contribution in [2.75, 3.05) is 5.75 Å². The number of benzene rings is 1. The molecule has 0 aliphatic carbocycles. The Labute approximate surface area is 87.1 Å². The van der Waals surface area contributed by atoms with E-state index >= 15 is 0 Å². The lowest BCUT2D eigenvalue weighted by Crippen LogP contribution is -2.01. The second-order valence-corrected chi connectivity index (χ2v) is 4.88. The molecule has 0 aliphatic rings. The maximum Gasteiger partial charge on any atom is 0.302 e. The molecule has 2 rings (SSSR count). The van der Waals surface area contributed by atoms with E-state index in [9.17, 15) is 12.3 Å². The lowest BCUT2D eigenvalue weighted by molar-refractivity contribution is 0.551. The summed E-state index contributed by atoms with van der Waals surface area (Å²) in [6.45, 7) is 0. The van der Waals surface area contributed by atoms with Crippen LogP contribution in [0.4, 0.5) is 3.89 Å². The van der Waals surface area contributed by atoms with Crippen LogP contribution in [-0.4, -0.2) is 19.2 Å². The first-order valence-corrected chi connectivity index (χ1v) is 6.08. The van der Waals surface area contributed by atoms with E-state index in [-0.39, 0.29) is 6.42 Å². The normalized spacial score (nSPS) is 12.1. The van der Waals surface area contributed by atoms with Gasteiger partial charge in [-0.05, 0) is 29.5 Å². The van der Waals surface area contributed by atoms with Crippen molar-refractivity contribution < 1.29 is 12.3 Å². The van der Waals surface area contributed by atoms with Gasteiger partial charge in [-0.2, -0.15) is 8.42 Å². The third-order valence-electron chi connectivity index (χ3n) is 2.25. The Morgan fingerprint density at radius 3 is 2.80 bits per heavy atom. The first kappa shape index (κ1) is 10.2. The Morgan fingerprint density at radius 2 is 2.07 bits per heavy atom. The minimum atomic E-state index is -4.37. The Morgan fingerprint density at radius 1 is 1.27 bits per heavy atom. The molecule has 0 saturated heterocycles. The number of hydrogen-bond donors (Lipinski definition) is 1. The fourth-order valence-corrected chi connectivity index (χ4v) is 1.97. The summed E-state index contributed by atoms with van der Waals surface area (Å²) in [6, 6.07) is 7.44. The van der Waals surface area contributed by atoms with E-state index in [0.717, 1.165) is 16.5 Å². The molecule has 0 aliphatic heterocycles. The Kier molecular flexibility index (Phi) is 2.48. The summed E-state index contributed by atoms with van der Waals surface area (Å²) < 4.78 is 33.0. The molecular formula is C10H10FNO2S. The number of hydrogen-bond acceptors (Lipinski definition) is 2. The van der Waals surface area contributed by atoms with E-state index in [2.05, 4.69) is 4.98 Å². The third-order valence-corrected chi connectivity index (χ3v) is 2.95. The van der Waals surface area contributed by atoms with Crippen molar-refractivity contribution in [1.29, 1.82) is 0 Å². The van der Waals surface area contributed by atoms with Crippen LogP contribution >= 0.6 is 0 Å². The quantitative estimate of drug-likeness (QED) is 0.815. The van der Waals surface area contributed by atoms with Gasteiger partial charge >= 0.3 is 10.2 Å². The van der Waals surface area contributed by atoms with E-state index in [1.165, 1.54) is 0 Å². The maximum absolute atomic E-state index is 12.3. The molecule has 0 saturated carbocycles. The predicted octanol–water partition coefficient (Wildman–Crippen LogP) is 2.01. The molecule has 15 heavy (non-hydrogen) atoms. The van der Waals surface area contributed by atoms with Crippen molar-refractivity contribution in [1.82, 2.24) is 4.98 Å². The Hall–Kier alpha value is -1.36. The largest absolute Gasteiger partial charge is 0.361 e. The minimum absolute atomic E-state index is 0.202. The van der Waals surface area contributed by atoms with Crippen molar-refractivity contribution in [3.05, 3.63) is 36.0 Å². The van der Waals surface area contributed by atoms with Crippen LogP contribution in [0.3, 0.4) is 0 Å². The zero-order chi connectivity index (χ0) is 10.9. The Bertz CT molecular complexity index is 574. The van der Waals surface area contributed by atoms with Gasteiger partial charge in [-0.25, -0.2) is 0 Å². The highest BCUT2D eigenvalue weighted by Gasteiger charge is 2.07. The van der Waals surface area contributed by atoms with E-state index in [0.29, 0.717) is 0 Å². The van der Waals surface area contributed by atoms with Crippen LogP contribution in [0.15, 0.2) is 30.5 Å². The van der Waals surface area contributed by atoms with Gasteiger partial charge in [0.05, 0.1) is 5.75 Å². The van der Waals surface area contributed by atoms with Gasteiger partial charge in [0.2, 0.25) is 0 Å². The standard InChI is InChI=1S/C10H10FNO2S/c11-15(13,14)6-4-8-1-2-9-3-5-12-10(9)7-8/h1-3,5,7,12H,4,6H2. The van der Waals surface area contributed by atoms with Crippen molar-refractivity contribution in [3.63, 3.8) is 0 Å². The van der Waals surface area contributed by atoms with Gasteiger partial charge in [0, 0.05) is 11.7 Å². The molecule has 80 valence electrons. The number of aromatic nitrogens is 1. The average molecular weight is 227 g/mol. The summed E-state index contributed by atoms with van der Waals surface area (Å²) in [6.07, 6.45) is 2.01. The second-order valence-electron chi connectivity index (χ2n) is 3.39. The molecule has 0 spiro atoms. The Balaban J connectivity index is 2.21.